The van der Waals surface area contributed by atoms with Crippen LogP contribution in [0.15, 0.2) is 45.8 Å². The van der Waals surface area contributed by atoms with Crippen LogP contribution in [0, 0.1) is 11.8 Å². The lowest BCUT2D eigenvalue weighted by Crippen LogP contribution is -2.42. The summed E-state index contributed by atoms with van der Waals surface area (Å²) in [7, 11) is 0. The number of carbonyl (C=O) groups excluding carboxylic acids is 1. The van der Waals surface area contributed by atoms with Crippen molar-refractivity contribution in [2.75, 3.05) is 13.1 Å². The van der Waals surface area contributed by atoms with Crippen LogP contribution in [0.2, 0.25) is 5.02 Å². The molecule has 2 aromatic heterocycles. The molecule has 140 valence electrons. The normalized spacial score (nSPS) is 20.2. The third kappa shape index (κ3) is 3.25. The summed E-state index contributed by atoms with van der Waals surface area (Å²) in [5, 5.41) is 0.746. The van der Waals surface area contributed by atoms with Crippen LogP contribution in [0.4, 0.5) is 0 Å². The molecule has 1 saturated heterocycles. The molecule has 1 aliphatic rings. The Kier molecular flexibility index (Phi) is 4.52. The van der Waals surface area contributed by atoms with E-state index in [1.54, 1.807) is 36.5 Å². The number of benzene rings is 1. The van der Waals surface area contributed by atoms with E-state index < -0.39 is 0 Å². The Bertz CT molecular complexity index is 1060. The lowest BCUT2D eigenvalue weighted by molar-refractivity contribution is 0.0623. The van der Waals surface area contributed by atoms with Crippen molar-refractivity contribution in [3.05, 3.63) is 57.5 Å². The highest BCUT2D eigenvalue weighted by Crippen LogP contribution is 2.26. The van der Waals surface area contributed by atoms with Crippen molar-refractivity contribution in [2.45, 2.75) is 20.3 Å². The molecule has 0 N–H and O–H groups in total. The highest BCUT2D eigenvalue weighted by Gasteiger charge is 2.27. The smallest absolute Gasteiger partial charge is 0.296 e. The molecule has 4 rings (SSSR count). The van der Waals surface area contributed by atoms with E-state index >= 15 is 0 Å². The lowest BCUT2D eigenvalue weighted by Gasteiger charge is -2.35. The van der Waals surface area contributed by atoms with Gasteiger partial charge in [0.1, 0.15) is 5.39 Å². The molecule has 0 aliphatic carbocycles. The number of nitrogens with zero attached hydrogens (tertiary/aromatic N) is 3. The zero-order valence-corrected chi connectivity index (χ0v) is 15.9. The highest BCUT2D eigenvalue weighted by molar-refractivity contribution is 6.33. The molecule has 3 heterocycles. The standard InChI is InChI=1S/C20H20ClN3O3/c1-12-8-13(2)11-23(10-12)19(25)16-9-14(5-6-17(16)21)24-20(26)15-4-3-7-22-18(15)27-24/h3-7,9,12-13H,8,10-11H2,1-2H3. The summed E-state index contributed by atoms with van der Waals surface area (Å²) in [6, 6.07) is 8.22. The van der Waals surface area contributed by atoms with E-state index in [2.05, 4.69) is 18.8 Å². The monoisotopic (exact) mass is 385 g/mol. The first-order valence-corrected chi connectivity index (χ1v) is 9.38. The Labute approximate surface area is 161 Å². The molecule has 1 amide bonds. The van der Waals surface area contributed by atoms with Crippen LogP contribution >= 0.6 is 11.6 Å². The number of hydrogen-bond acceptors (Lipinski definition) is 4. The van der Waals surface area contributed by atoms with Crippen molar-refractivity contribution in [3.8, 4) is 5.69 Å². The largest absolute Gasteiger partial charge is 0.350 e. The summed E-state index contributed by atoms with van der Waals surface area (Å²) in [5.41, 5.74) is 0.752. The fraction of sp³-hybridized carbons (Fsp3) is 0.350. The maximum Gasteiger partial charge on any atom is 0.296 e. The van der Waals surface area contributed by atoms with Gasteiger partial charge in [-0.25, -0.2) is 4.98 Å². The van der Waals surface area contributed by atoms with Crippen molar-refractivity contribution in [3.63, 3.8) is 0 Å². The summed E-state index contributed by atoms with van der Waals surface area (Å²) < 4.78 is 6.71. The zero-order valence-electron chi connectivity index (χ0n) is 15.2. The molecule has 0 radical (unpaired) electrons. The second-order valence-corrected chi connectivity index (χ2v) is 7.77. The summed E-state index contributed by atoms with van der Waals surface area (Å²) in [6.07, 6.45) is 2.67. The Morgan fingerprint density at radius 2 is 1.96 bits per heavy atom. The SMILES string of the molecule is CC1CC(C)CN(C(=O)c2cc(-n3oc4ncccc4c3=O)ccc2Cl)C1. The maximum atomic E-state index is 13.1. The second-order valence-electron chi connectivity index (χ2n) is 7.37. The number of piperidine rings is 1. The molecule has 2 unspecified atom stereocenters. The fourth-order valence-electron chi connectivity index (χ4n) is 3.84. The molecular weight excluding hydrogens is 366 g/mol. The number of amides is 1. The van der Waals surface area contributed by atoms with Gasteiger partial charge in [-0.05, 0) is 48.6 Å². The average molecular weight is 386 g/mol. The van der Waals surface area contributed by atoms with E-state index in [1.165, 1.54) is 0 Å². The summed E-state index contributed by atoms with van der Waals surface area (Å²) in [6.45, 7) is 5.71. The Hall–Kier alpha value is -2.60. The minimum Gasteiger partial charge on any atom is -0.350 e. The van der Waals surface area contributed by atoms with E-state index in [-0.39, 0.29) is 17.2 Å². The van der Waals surface area contributed by atoms with Crippen molar-refractivity contribution in [1.29, 1.82) is 0 Å². The number of pyridine rings is 1. The molecular formula is C20H20ClN3O3. The van der Waals surface area contributed by atoms with Gasteiger partial charge in [0.05, 0.1) is 16.3 Å². The number of fused-ring (bicyclic) bond motifs is 1. The van der Waals surface area contributed by atoms with E-state index in [9.17, 15) is 9.59 Å². The predicted octanol–water partition coefficient (Wildman–Crippen LogP) is 3.75. The molecule has 0 bridgehead atoms. The van der Waals surface area contributed by atoms with Gasteiger partial charge in [0.2, 0.25) is 0 Å². The molecule has 7 heteroatoms. The van der Waals surface area contributed by atoms with Crippen molar-refractivity contribution < 1.29 is 9.32 Å². The summed E-state index contributed by atoms with van der Waals surface area (Å²) in [5.74, 6) is 0.773. The van der Waals surface area contributed by atoms with Gasteiger partial charge in [0, 0.05) is 19.3 Å². The van der Waals surface area contributed by atoms with Crippen LogP contribution in [0.3, 0.4) is 0 Å². The minimum atomic E-state index is -0.320. The first kappa shape index (κ1) is 17.8. The first-order valence-electron chi connectivity index (χ1n) is 9.00. The minimum absolute atomic E-state index is 0.123. The number of halogens is 1. The Morgan fingerprint density at radius 1 is 1.22 bits per heavy atom. The van der Waals surface area contributed by atoms with E-state index in [1.807, 2.05) is 4.90 Å². The van der Waals surface area contributed by atoms with Crippen LogP contribution in [0.1, 0.15) is 30.6 Å². The number of carbonyl (C=O) groups is 1. The Balaban J connectivity index is 1.74. The number of hydrogen-bond donors (Lipinski definition) is 0. The van der Waals surface area contributed by atoms with Crippen LogP contribution < -0.4 is 5.56 Å². The van der Waals surface area contributed by atoms with E-state index in [0.29, 0.717) is 46.6 Å². The second kappa shape index (κ2) is 6.85. The van der Waals surface area contributed by atoms with Gasteiger partial charge in [-0.1, -0.05) is 25.4 Å². The average Bonchev–Trinajstić information content (AvgIpc) is 2.98. The summed E-state index contributed by atoms with van der Waals surface area (Å²) in [4.78, 5) is 31.6. The molecule has 1 aromatic carbocycles. The number of aromatic nitrogens is 2. The van der Waals surface area contributed by atoms with Crippen LogP contribution in [-0.4, -0.2) is 33.6 Å². The third-order valence-corrected chi connectivity index (χ3v) is 5.26. The van der Waals surface area contributed by atoms with Crippen molar-refractivity contribution in [1.82, 2.24) is 14.6 Å². The quantitative estimate of drug-likeness (QED) is 0.673. The van der Waals surface area contributed by atoms with Gasteiger partial charge in [-0.3, -0.25) is 9.59 Å². The van der Waals surface area contributed by atoms with Crippen LogP contribution in [0.5, 0.6) is 0 Å². The topological polar surface area (TPSA) is 68.3 Å². The van der Waals surface area contributed by atoms with Gasteiger partial charge in [0.25, 0.3) is 17.2 Å². The predicted molar refractivity (Wildman–Crippen MR) is 103 cm³/mol. The maximum absolute atomic E-state index is 13.1. The Morgan fingerprint density at radius 3 is 2.67 bits per heavy atom. The first-order chi connectivity index (χ1) is 12.9. The van der Waals surface area contributed by atoms with Crippen molar-refractivity contribution >= 4 is 28.6 Å². The molecule has 1 aliphatic heterocycles. The fourth-order valence-corrected chi connectivity index (χ4v) is 4.03. The van der Waals surface area contributed by atoms with Gasteiger partial charge >= 0.3 is 0 Å². The molecule has 3 aromatic rings. The van der Waals surface area contributed by atoms with E-state index in [0.717, 1.165) is 11.2 Å². The van der Waals surface area contributed by atoms with Gasteiger partial charge in [-0.15, -0.1) is 4.74 Å². The van der Waals surface area contributed by atoms with Gasteiger partial charge < -0.3 is 9.42 Å². The number of rotatable bonds is 2. The zero-order chi connectivity index (χ0) is 19.1. The molecule has 2 atom stereocenters. The van der Waals surface area contributed by atoms with E-state index in [4.69, 9.17) is 16.1 Å². The summed E-state index contributed by atoms with van der Waals surface area (Å²) >= 11 is 6.31. The molecule has 1 fully saturated rings. The van der Waals surface area contributed by atoms with Crippen molar-refractivity contribution in [2.24, 2.45) is 11.8 Å². The molecule has 27 heavy (non-hydrogen) atoms. The lowest BCUT2D eigenvalue weighted by atomic mass is 9.91. The third-order valence-electron chi connectivity index (χ3n) is 4.93. The van der Waals surface area contributed by atoms with Crippen LogP contribution in [0.25, 0.3) is 16.8 Å². The van der Waals surface area contributed by atoms with Crippen LogP contribution in [-0.2, 0) is 0 Å². The molecule has 0 spiro atoms. The highest BCUT2D eigenvalue weighted by atomic mass is 35.5. The molecule has 0 saturated carbocycles. The number of likely N-dealkylation sites (tertiary alicyclic amines) is 1. The molecule has 6 nitrogen and oxygen atoms in total. The van der Waals surface area contributed by atoms with Gasteiger partial charge in [0.15, 0.2) is 0 Å². The van der Waals surface area contributed by atoms with Gasteiger partial charge in [-0.2, -0.15) is 0 Å².